The van der Waals surface area contributed by atoms with E-state index >= 15 is 0 Å². The van der Waals surface area contributed by atoms with Gasteiger partial charge in [-0.2, -0.15) is 5.10 Å². The summed E-state index contributed by atoms with van der Waals surface area (Å²) in [4.78, 5) is 24.2. The summed E-state index contributed by atoms with van der Waals surface area (Å²) in [5.41, 5.74) is 2.24. The van der Waals surface area contributed by atoms with Crippen LogP contribution >= 0.6 is 0 Å². The second-order valence-corrected chi connectivity index (χ2v) is 8.78. The minimum absolute atomic E-state index is 0.0974. The maximum absolute atomic E-state index is 13.0. The molecule has 2 aromatic rings. The van der Waals surface area contributed by atoms with Crippen LogP contribution in [-0.4, -0.2) is 49.3 Å². The van der Waals surface area contributed by atoms with E-state index in [1.807, 2.05) is 23.2 Å². The largest absolute Gasteiger partial charge is 0.493 e. The van der Waals surface area contributed by atoms with Gasteiger partial charge in [-0.15, -0.1) is 0 Å². The lowest BCUT2D eigenvalue weighted by Gasteiger charge is -2.32. The first-order valence-electron chi connectivity index (χ1n) is 11.7. The highest BCUT2D eigenvalue weighted by Crippen LogP contribution is 2.28. The first-order valence-corrected chi connectivity index (χ1v) is 11.7. The Kier molecular flexibility index (Phi) is 8.90. The van der Waals surface area contributed by atoms with Crippen LogP contribution in [0.15, 0.2) is 47.6 Å². The Morgan fingerprint density at radius 3 is 2.44 bits per heavy atom. The summed E-state index contributed by atoms with van der Waals surface area (Å²) in [5, 5.41) is 12.2. The van der Waals surface area contributed by atoms with E-state index in [1.165, 1.54) is 6.92 Å². The van der Waals surface area contributed by atoms with Crippen LogP contribution < -0.4 is 20.1 Å². The zero-order valence-electron chi connectivity index (χ0n) is 20.3. The number of rotatable bonds is 9. The van der Waals surface area contributed by atoms with Crippen LogP contribution in [0.3, 0.4) is 0 Å². The highest BCUT2D eigenvalue weighted by molar-refractivity contribution is 5.95. The molecule has 1 aliphatic heterocycles. The lowest BCUT2D eigenvalue weighted by molar-refractivity contribution is -0.122. The van der Waals surface area contributed by atoms with E-state index in [-0.39, 0.29) is 17.9 Å². The minimum atomic E-state index is -0.352. The normalized spacial score (nSPS) is 15.9. The predicted octanol–water partition coefficient (Wildman–Crippen LogP) is 4.52. The van der Waals surface area contributed by atoms with E-state index in [1.54, 1.807) is 37.6 Å². The number of benzene rings is 2. The number of nitrogens with zero attached hydrogens (tertiary/aromatic N) is 2. The molecule has 1 heterocycles. The number of ether oxygens (including phenoxy) is 2. The van der Waals surface area contributed by atoms with Gasteiger partial charge in [-0.3, -0.25) is 14.6 Å². The molecule has 34 heavy (non-hydrogen) atoms. The summed E-state index contributed by atoms with van der Waals surface area (Å²) in [5.74, 6) is 1.52. The molecule has 0 aliphatic carbocycles. The van der Waals surface area contributed by atoms with Gasteiger partial charge in [0.05, 0.1) is 19.9 Å². The fraction of sp³-hybridized carbons (Fsp3) is 0.423. The summed E-state index contributed by atoms with van der Waals surface area (Å²) in [6.45, 7) is 6.95. The average molecular weight is 467 g/mol. The van der Waals surface area contributed by atoms with Gasteiger partial charge >= 0.3 is 0 Å². The molecule has 1 saturated heterocycles. The molecular formula is C26H34N4O4. The molecule has 0 aromatic heterocycles. The van der Waals surface area contributed by atoms with Crippen molar-refractivity contribution in [1.82, 2.24) is 5.01 Å². The van der Waals surface area contributed by atoms with Gasteiger partial charge in [0.25, 0.3) is 0 Å². The van der Waals surface area contributed by atoms with Crippen molar-refractivity contribution in [1.29, 1.82) is 0 Å². The average Bonchev–Trinajstić information content (AvgIpc) is 2.82. The third-order valence-corrected chi connectivity index (χ3v) is 5.36. The molecule has 1 fully saturated rings. The maximum Gasteiger partial charge on any atom is 0.248 e. The second-order valence-electron chi connectivity index (χ2n) is 8.78. The third kappa shape index (κ3) is 7.23. The molecule has 1 unspecified atom stereocenters. The Morgan fingerprint density at radius 1 is 1.09 bits per heavy atom. The van der Waals surface area contributed by atoms with E-state index in [4.69, 9.17) is 9.47 Å². The van der Waals surface area contributed by atoms with Crippen molar-refractivity contribution in [2.45, 2.75) is 46.1 Å². The Hall–Kier alpha value is -3.55. The van der Waals surface area contributed by atoms with Crippen molar-refractivity contribution in [3.63, 3.8) is 0 Å². The Balaban J connectivity index is 1.68. The van der Waals surface area contributed by atoms with Crippen molar-refractivity contribution in [3.8, 4) is 11.5 Å². The number of nitrogens with one attached hydrogen (secondary N) is 2. The van der Waals surface area contributed by atoms with E-state index < -0.39 is 0 Å². The van der Waals surface area contributed by atoms with Gasteiger partial charge in [0.15, 0.2) is 11.5 Å². The molecule has 3 rings (SSSR count). The van der Waals surface area contributed by atoms with Gasteiger partial charge in [-0.25, -0.2) is 0 Å². The maximum atomic E-state index is 13.0. The molecular weight excluding hydrogens is 432 g/mol. The van der Waals surface area contributed by atoms with Crippen LogP contribution in [-0.2, 0) is 9.59 Å². The van der Waals surface area contributed by atoms with Crippen LogP contribution in [0.4, 0.5) is 11.4 Å². The van der Waals surface area contributed by atoms with Crippen molar-refractivity contribution in [2.75, 3.05) is 30.9 Å². The zero-order valence-corrected chi connectivity index (χ0v) is 20.3. The first-order chi connectivity index (χ1) is 16.4. The van der Waals surface area contributed by atoms with Crippen molar-refractivity contribution >= 4 is 29.4 Å². The topological polar surface area (TPSA) is 92.3 Å². The molecule has 0 bridgehead atoms. The molecule has 2 aromatic carbocycles. The smallest absolute Gasteiger partial charge is 0.248 e. The van der Waals surface area contributed by atoms with Gasteiger partial charge < -0.3 is 20.1 Å². The summed E-state index contributed by atoms with van der Waals surface area (Å²) in [7, 11) is 1.62. The molecule has 182 valence electrons. The summed E-state index contributed by atoms with van der Waals surface area (Å²) < 4.78 is 11.3. The molecule has 2 N–H and O–H groups in total. The highest BCUT2D eigenvalue weighted by atomic mass is 16.5. The van der Waals surface area contributed by atoms with E-state index in [2.05, 4.69) is 29.6 Å². The van der Waals surface area contributed by atoms with Crippen molar-refractivity contribution in [3.05, 3.63) is 48.0 Å². The molecule has 0 radical (unpaired) electrons. The van der Waals surface area contributed by atoms with Gasteiger partial charge in [0.2, 0.25) is 11.8 Å². The Bertz CT molecular complexity index is 1000. The van der Waals surface area contributed by atoms with Crippen LogP contribution in [0.5, 0.6) is 11.5 Å². The monoisotopic (exact) mass is 466 g/mol. The molecule has 8 heteroatoms. The number of hydrogen-bond acceptors (Lipinski definition) is 6. The molecule has 1 atom stereocenters. The van der Waals surface area contributed by atoms with Crippen LogP contribution in [0.2, 0.25) is 0 Å². The van der Waals surface area contributed by atoms with Crippen molar-refractivity contribution in [2.24, 2.45) is 11.0 Å². The predicted molar refractivity (Wildman–Crippen MR) is 135 cm³/mol. The number of carbonyl (C=O) groups is 2. The quantitative estimate of drug-likeness (QED) is 0.530. The van der Waals surface area contributed by atoms with Gasteiger partial charge in [-0.1, -0.05) is 13.8 Å². The first kappa shape index (κ1) is 25.1. The number of carbonyl (C=O) groups excluding carboxylic acids is 2. The number of piperidine rings is 1. The number of hydrogen-bond donors (Lipinski definition) is 2. The third-order valence-electron chi connectivity index (χ3n) is 5.36. The number of hydrazone groups is 1. The fourth-order valence-corrected chi connectivity index (χ4v) is 3.67. The minimum Gasteiger partial charge on any atom is -0.493 e. The highest BCUT2D eigenvalue weighted by Gasteiger charge is 2.28. The van der Waals surface area contributed by atoms with Crippen LogP contribution in [0, 0.1) is 5.92 Å². The Labute approximate surface area is 201 Å². The summed E-state index contributed by atoms with van der Waals surface area (Å²) in [6, 6.07) is 12.4. The molecule has 2 amide bonds. The van der Waals surface area contributed by atoms with Gasteiger partial charge in [0, 0.05) is 24.8 Å². The molecule has 0 saturated carbocycles. The Morgan fingerprint density at radius 2 is 1.79 bits per heavy atom. The zero-order chi connectivity index (χ0) is 24.5. The lowest BCUT2D eigenvalue weighted by Crippen LogP contribution is -2.44. The van der Waals surface area contributed by atoms with Crippen LogP contribution in [0.25, 0.3) is 0 Å². The SMILES string of the molecule is COc1ccc(/C=N/N2CCCCC2C(=O)Nc2ccc(NC(C)=O)cc2)cc1OCC(C)C. The summed E-state index contributed by atoms with van der Waals surface area (Å²) in [6.07, 6.45) is 4.45. The molecule has 8 nitrogen and oxygen atoms in total. The number of methoxy groups -OCH3 is 1. The fourth-order valence-electron chi connectivity index (χ4n) is 3.67. The standard InChI is InChI=1S/C26H34N4O4/c1-18(2)17-34-25-15-20(8-13-24(25)33-4)16-27-30-14-6-5-7-23(30)26(32)29-22-11-9-21(10-12-22)28-19(3)31/h8-13,15-16,18,23H,5-7,14,17H2,1-4H3,(H,28,31)(H,29,32)/b27-16+. The van der Waals surface area contributed by atoms with E-state index in [0.717, 1.165) is 24.8 Å². The molecule has 0 spiro atoms. The van der Waals surface area contributed by atoms with E-state index in [0.29, 0.717) is 41.9 Å². The van der Waals surface area contributed by atoms with E-state index in [9.17, 15) is 9.59 Å². The molecule has 1 aliphatic rings. The number of amides is 2. The van der Waals surface area contributed by atoms with Gasteiger partial charge in [0.1, 0.15) is 6.04 Å². The summed E-state index contributed by atoms with van der Waals surface area (Å²) >= 11 is 0. The van der Waals surface area contributed by atoms with Crippen molar-refractivity contribution < 1.29 is 19.1 Å². The number of anilines is 2. The lowest BCUT2D eigenvalue weighted by atomic mass is 10.0. The van der Waals surface area contributed by atoms with Crippen LogP contribution in [0.1, 0.15) is 45.6 Å². The van der Waals surface area contributed by atoms with Gasteiger partial charge in [-0.05, 0) is 73.2 Å². The second kappa shape index (κ2) is 12.1.